The predicted octanol–water partition coefficient (Wildman–Crippen LogP) is 3.00. The van der Waals surface area contributed by atoms with Gasteiger partial charge < -0.3 is 15.3 Å². The molecule has 0 aliphatic heterocycles. The van der Waals surface area contributed by atoms with Gasteiger partial charge in [0, 0.05) is 11.9 Å². The minimum Gasteiger partial charge on any atom is -0.478 e. The molecule has 6 heteroatoms. The van der Waals surface area contributed by atoms with Crippen molar-refractivity contribution in [3.8, 4) is 0 Å². The van der Waals surface area contributed by atoms with Crippen LogP contribution in [0.15, 0.2) is 48.5 Å². The smallest absolute Gasteiger partial charge is 0.335 e. The largest absolute Gasteiger partial charge is 0.478 e. The molecule has 3 rings (SSSR count). The minimum absolute atomic E-state index is 0.282. The number of carbonyl (C=O) groups is 1. The average molecular weight is 336 g/mol. The molecule has 0 radical (unpaired) electrons. The van der Waals surface area contributed by atoms with Crippen LogP contribution in [-0.2, 0) is 13.1 Å². The molecule has 128 valence electrons. The van der Waals surface area contributed by atoms with Gasteiger partial charge in [-0.3, -0.25) is 0 Å². The standard InChI is InChI=1S/C19H20N4O2/c1-23(2)12-17-21-16-6-4-3-5-15(16)18(22-17)20-11-13-7-9-14(10-8-13)19(24)25/h3-10H,11-12H2,1-2H3,(H,24,25)(H,20,21,22). The molecule has 0 aliphatic rings. The molecular weight excluding hydrogens is 316 g/mol. The zero-order chi connectivity index (χ0) is 17.8. The monoisotopic (exact) mass is 336 g/mol. The van der Waals surface area contributed by atoms with Crippen LogP contribution in [0, 0.1) is 0 Å². The number of para-hydroxylation sites is 1. The summed E-state index contributed by atoms with van der Waals surface area (Å²) in [7, 11) is 3.96. The second kappa shape index (κ2) is 7.27. The Labute approximate surface area is 146 Å². The normalized spacial score (nSPS) is 11.0. The lowest BCUT2D eigenvalue weighted by Crippen LogP contribution is -2.14. The zero-order valence-corrected chi connectivity index (χ0v) is 14.2. The molecule has 25 heavy (non-hydrogen) atoms. The van der Waals surface area contributed by atoms with Crippen LogP contribution >= 0.6 is 0 Å². The number of fused-ring (bicyclic) bond motifs is 1. The lowest BCUT2D eigenvalue weighted by Gasteiger charge is -2.13. The van der Waals surface area contributed by atoms with E-state index in [4.69, 9.17) is 5.11 Å². The van der Waals surface area contributed by atoms with Gasteiger partial charge in [-0.2, -0.15) is 0 Å². The fraction of sp³-hybridized carbons (Fsp3) is 0.211. The van der Waals surface area contributed by atoms with E-state index in [2.05, 4.69) is 15.3 Å². The molecule has 3 aromatic rings. The Hall–Kier alpha value is -2.99. The second-order valence-electron chi connectivity index (χ2n) is 6.10. The molecule has 0 amide bonds. The summed E-state index contributed by atoms with van der Waals surface area (Å²) < 4.78 is 0. The summed E-state index contributed by atoms with van der Waals surface area (Å²) >= 11 is 0. The van der Waals surface area contributed by atoms with E-state index < -0.39 is 5.97 Å². The Bertz CT molecular complexity index is 892. The summed E-state index contributed by atoms with van der Waals surface area (Å²) in [5, 5.41) is 13.3. The van der Waals surface area contributed by atoms with Gasteiger partial charge in [-0.25, -0.2) is 14.8 Å². The van der Waals surface area contributed by atoms with Gasteiger partial charge in [0.2, 0.25) is 0 Å². The maximum absolute atomic E-state index is 10.9. The van der Waals surface area contributed by atoms with E-state index in [9.17, 15) is 4.79 Å². The Morgan fingerprint density at radius 1 is 1.08 bits per heavy atom. The van der Waals surface area contributed by atoms with Gasteiger partial charge in [0.25, 0.3) is 0 Å². The summed E-state index contributed by atoms with van der Waals surface area (Å²) in [5.74, 6) is 0.617. The van der Waals surface area contributed by atoms with Crippen molar-refractivity contribution in [2.45, 2.75) is 13.1 Å². The van der Waals surface area contributed by atoms with E-state index in [0.29, 0.717) is 13.1 Å². The van der Waals surface area contributed by atoms with Crippen molar-refractivity contribution in [2.24, 2.45) is 0 Å². The van der Waals surface area contributed by atoms with Gasteiger partial charge in [-0.1, -0.05) is 24.3 Å². The summed E-state index contributed by atoms with van der Waals surface area (Å²) in [6, 6.07) is 14.7. The van der Waals surface area contributed by atoms with E-state index in [-0.39, 0.29) is 5.56 Å². The van der Waals surface area contributed by atoms with Crippen molar-refractivity contribution >= 4 is 22.7 Å². The number of aromatic carboxylic acids is 1. The summed E-state index contributed by atoms with van der Waals surface area (Å²) in [6.07, 6.45) is 0. The highest BCUT2D eigenvalue weighted by Crippen LogP contribution is 2.21. The number of aromatic nitrogens is 2. The van der Waals surface area contributed by atoms with Crippen LogP contribution < -0.4 is 5.32 Å². The number of carboxylic acid groups (broad SMARTS) is 1. The highest BCUT2D eigenvalue weighted by Gasteiger charge is 2.08. The maximum Gasteiger partial charge on any atom is 0.335 e. The minimum atomic E-state index is -0.922. The zero-order valence-electron chi connectivity index (χ0n) is 14.2. The van der Waals surface area contributed by atoms with Crippen LogP contribution in [0.25, 0.3) is 10.9 Å². The third-order valence-electron chi connectivity index (χ3n) is 3.77. The van der Waals surface area contributed by atoms with Gasteiger partial charge in [0.15, 0.2) is 0 Å². The van der Waals surface area contributed by atoms with Gasteiger partial charge >= 0.3 is 5.97 Å². The molecule has 0 spiro atoms. The molecule has 0 bridgehead atoms. The first kappa shape index (κ1) is 16.9. The number of rotatable bonds is 6. The molecule has 0 aliphatic carbocycles. The molecule has 0 atom stereocenters. The molecule has 0 unspecified atom stereocenters. The first-order chi connectivity index (χ1) is 12.0. The summed E-state index contributed by atoms with van der Waals surface area (Å²) in [5.41, 5.74) is 2.17. The van der Waals surface area contributed by atoms with Gasteiger partial charge in [0.05, 0.1) is 17.6 Å². The summed E-state index contributed by atoms with van der Waals surface area (Å²) in [6.45, 7) is 1.22. The Morgan fingerprint density at radius 2 is 1.80 bits per heavy atom. The Balaban J connectivity index is 1.85. The van der Waals surface area contributed by atoms with Crippen LogP contribution in [-0.4, -0.2) is 40.0 Å². The number of hydrogen-bond acceptors (Lipinski definition) is 5. The van der Waals surface area contributed by atoms with Crippen molar-refractivity contribution < 1.29 is 9.90 Å². The molecule has 2 aromatic carbocycles. The van der Waals surface area contributed by atoms with Gasteiger partial charge in [-0.05, 0) is 43.9 Å². The first-order valence-corrected chi connectivity index (χ1v) is 7.99. The van der Waals surface area contributed by atoms with Crippen LogP contribution in [0.1, 0.15) is 21.7 Å². The fourth-order valence-electron chi connectivity index (χ4n) is 2.56. The Kier molecular flexibility index (Phi) is 4.90. The number of nitrogens with one attached hydrogen (secondary N) is 1. The third-order valence-corrected chi connectivity index (χ3v) is 3.77. The van der Waals surface area contributed by atoms with E-state index in [1.165, 1.54) is 0 Å². The molecule has 6 nitrogen and oxygen atoms in total. The Morgan fingerprint density at radius 3 is 2.48 bits per heavy atom. The number of nitrogens with zero attached hydrogens (tertiary/aromatic N) is 3. The van der Waals surface area contributed by atoms with Crippen molar-refractivity contribution in [1.29, 1.82) is 0 Å². The van der Waals surface area contributed by atoms with Crippen molar-refractivity contribution in [3.63, 3.8) is 0 Å². The molecule has 2 N–H and O–H groups in total. The molecule has 1 aromatic heterocycles. The molecular formula is C19H20N4O2. The lowest BCUT2D eigenvalue weighted by molar-refractivity contribution is 0.0697. The number of anilines is 1. The van der Waals surface area contributed by atoms with Crippen LogP contribution in [0.4, 0.5) is 5.82 Å². The van der Waals surface area contributed by atoms with E-state index in [1.807, 2.05) is 43.3 Å². The number of hydrogen-bond donors (Lipinski definition) is 2. The van der Waals surface area contributed by atoms with Crippen LogP contribution in [0.5, 0.6) is 0 Å². The van der Waals surface area contributed by atoms with Gasteiger partial charge in [-0.15, -0.1) is 0 Å². The first-order valence-electron chi connectivity index (χ1n) is 7.99. The van der Waals surface area contributed by atoms with Crippen LogP contribution in [0.2, 0.25) is 0 Å². The third kappa shape index (κ3) is 4.10. The highest BCUT2D eigenvalue weighted by molar-refractivity contribution is 5.89. The molecule has 0 saturated carbocycles. The second-order valence-corrected chi connectivity index (χ2v) is 6.10. The van der Waals surface area contributed by atoms with E-state index in [0.717, 1.165) is 28.1 Å². The highest BCUT2D eigenvalue weighted by atomic mass is 16.4. The quantitative estimate of drug-likeness (QED) is 0.720. The van der Waals surface area contributed by atoms with Gasteiger partial charge in [0.1, 0.15) is 11.6 Å². The van der Waals surface area contributed by atoms with E-state index in [1.54, 1.807) is 24.3 Å². The number of benzene rings is 2. The summed E-state index contributed by atoms with van der Waals surface area (Å²) in [4.78, 5) is 22.2. The molecule has 1 heterocycles. The average Bonchev–Trinajstić information content (AvgIpc) is 2.59. The molecule has 0 fully saturated rings. The van der Waals surface area contributed by atoms with Crippen molar-refractivity contribution in [2.75, 3.05) is 19.4 Å². The van der Waals surface area contributed by atoms with E-state index >= 15 is 0 Å². The molecule has 0 saturated heterocycles. The topological polar surface area (TPSA) is 78.4 Å². The van der Waals surface area contributed by atoms with Crippen molar-refractivity contribution in [1.82, 2.24) is 14.9 Å². The predicted molar refractivity (Wildman–Crippen MR) is 97.7 cm³/mol. The lowest BCUT2D eigenvalue weighted by atomic mass is 10.1. The maximum atomic E-state index is 10.9. The SMILES string of the molecule is CN(C)Cc1nc(NCc2ccc(C(=O)O)cc2)c2ccccc2n1. The van der Waals surface area contributed by atoms with Crippen molar-refractivity contribution in [3.05, 3.63) is 65.5 Å². The fourth-order valence-corrected chi connectivity index (χ4v) is 2.56. The van der Waals surface area contributed by atoms with Crippen LogP contribution in [0.3, 0.4) is 0 Å². The number of carboxylic acids is 1.